The zero-order chi connectivity index (χ0) is 6.57. The van der Waals surface area contributed by atoms with Gasteiger partial charge in [-0.05, 0) is 6.42 Å². The number of rotatable bonds is 2. The molecule has 0 saturated carbocycles. The summed E-state index contributed by atoms with van der Waals surface area (Å²) >= 11 is 8.76. The van der Waals surface area contributed by atoms with E-state index >= 15 is 0 Å². The summed E-state index contributed by atoms with van der Waals surface area (Å²) in [6.07, 6.45) is 1.12. The third-order valence-electron chi connectivity index (χ3n) is 0.886. The minimum atomic E-state index is 0. The Bertz CT molecular complexity index is 87.0. The predicted octanol–water partition coefficient (Wildman–Crippen LogP) is 0.627. The van der Waals surface area contributed by atoms with Crippen LogP contribution in [0.3, 0.4) is 0 Å². The predicted molar refractivity (Wildman–Crippen MR) is 53.0 cm³/mol. The fourth-order valence-corrected chi connectivity index (χ4v) is 0.622. The summed E-state index contributed by atoms with van der Waals surface area (Å²) in [6, 6.07) is 0. The summed E-state index contributed by atoms with van der Waals surface area (Å²) in [5.41, 5.74) is 0. The molecule has 0 radical (unpaired) electrons. The van der Waals surface area contributed by atoms with Crippen LogP contribution in [0.1, 0.15) is 13.3 Å². The van der Waals surface area contributed by atoms with Crippen molar-refractivity contribution in [1.29, 1.82) is 0 Å². The Morgan fingerprint density at radius 2 is 2.11 bits per heavy atom. The van der Waals surface area contributed by atoms with Crippen LogP contribution < -0.4 is 0 Å². The molecule has 0 bridgehead atoms. The molecule has 9 heavy (non-hydrogen) atoms. The van der Waals surface area contributed by atoms with Gasteiger partial charge < -0.3 is 4.90 Å². The average molecular weight is 191 g/mol. The summed E-state index contributed by atoms with van der Waals surface area (Å²) < 4.78 is 0.673. The SMILES string of the molecule is CCCN(C)C(=S)S.[CaH2]. The standard InChI is InChI=1S/C5H11NS2.Ca.2H/c1-3-4-6(2)5(7)8;;;/h3-4H2,1-2H3,(H,7,8);;;. The second-order valence-corrected chi connectivity index (χ2v) is 2.82. The minimum absolute atomic E-state index is 0. The van der Waals surface area contributed by atoms with Gasteiger partial charge in [-0.15, -0.1) is 12.6 Å². The van der Waals surface area contributed by atoms with Crippen molar-refractivity contribution in [1.82, 2.24) is 4.90 Å². The van der Waals surface area contributed by atoms with Crippen molar-refractivity contribution in [3.05, 3.63) is 0 Å². The van der Waals surface area contributed by atoms with E-state index in [2.05, 4.69) is 19.6 Å². The van der Waals surface area contributed by atoms with E-state index in [1.54, 1.807) is 0 Å². The van der Waals surface area contributed by atoms with Gasteiger partial charge in [-0.3, -0.25) is 0 Å². The molecule has 0 aromatic heterocycles. The molecule has 0 aliphatic heterocycles. The first-order valence-corrected chi connectivity index (χ1v) is 3.48. The van der Waals surface area contributed by atoms with Crippen LogP contribution in [0.25, 0.3) is 0 Å². The first-order chi connectivity index (χ1) is 3.68. The fraction of sp³-hybridized carbons (Fsp3) is 0.800. The van der Waals surface area contributed by atoms with E-state index in [0.29, 0.717) is 4.32 Å². The van der Waals surface area contributed by atoms with Gasteiger partial charge in [-0.2, -0.15) is 0 Å². The molecular formula is C5H13CaNS2. The van der Waals surface area contributed by atoms with Gasteiger partial charge in [0.15, 0.2) is 0 Å². The molecule has 0 aliphatic rings. The van der Waals surface area contributed by atoms with Crippen LogP contribution >= 0.6 is 24.8 Å². The first kappa shape index (κ1) is 13.1. The van der Waals surface area contributed by atoms with E-state index in [1.165, 1.54) is 0 Å². The summed E-state index contributed by atoms with van der Waals surface area (Å²) in [5.74, 6) is 0. The van der Waals surface area contributed by atoms with Crippen LogP contribution in [0.2, 0.25) is 0 Å². The van der Waals surface area contributed by atoms with Gasteiger partial charge in [-0.25, -0.2) is 0 Å². The normalized spacial score (nSPS) is 7.89. The Labute approximate surface area is 97.6 Å². The molecule has 0 amide bonds. The van der Waals surface area contributed by atoms with Crippen molar-refractivity contribution in [3.8, 4) is 0 Å². The van der Waals surface area contributed by atoms with Crippen LogP contribution in [-0.2, 0) is 0 Å². The zero-order valence-corrected chi connectivity index (χ0v) is 6.93. The molecule has 0 atom stereocenters. The van der Waals surface area contributed by atoms with Gasteiger partial charge in [0.25, 0.3) is 0 Å². The van der Waals surface area contributed by atoms with E-state index in [9.17, 15) is 0 Å². The van der Waals surface area contributed by atoms with Crippen LogP contribution in [0, 0.1) is 0 Å². The Kier molecular flexibility index (Phi) is 11.1. The van der Waals surface area contributed by atoms with Gasteiger partial charge in [0.1, 0.15) is 4.32 Å². The van der Waals surface area contributed by atoms with Gasteiger partial charge in [0.05, 0.1) is 0 Å². The molecule has 0 aliphatic carbocycles. The monoisotopic (exact) mass is 191 g/mol. The first-order valence-electron chi connectivity index (χ1n) is 2.62. The van der Waals surface area contributed by atoms with Crippen molar-refractivity contribution in [2.75, 3.05) is 13.6 Å². The zero-order valence-electron chi connectivity index (χ0n) is 5.22. The quantitative estimate of drug-likeness (QED) is 0.387. The van der Waals surface area contributed by atoms with Crippen LogP contribution in [0.4, 0.5) is 0 Å². The third kappa shape index (κ3) is 7.40. The van der Waals surface area contributed by atoms with E-state index in [0.717, 1.165) is 13.0 Å². The molecule has 0 fully saturated rings. The Balaban J connectivity index is 0. The number of thiol groups is 1. The third-order valence-corrected chi connectivity index (χ3v) is 1.54. The van der Waals surface area contributed by atoms with E-state index in [4.69, 9.17) is 12.2 Å². The molecule has 0 rings (SSSR count). The van der Waals surface area contributed by atoms with Gasteiger partial charge in [-0.1, -0.05) is 19.1 Å². The molecule has 0 spiro atoms. The Morgan fingerprint density at radius 3 is 2.22 bits per heavy atom. The molecule has 0 unspecified atom stereocenters. The Hall–Kier alpha value is 1.50. The summed E-state index contributed by atoms with van der Waals surface area (Å²) in [5, 5.41) is 0. The summed E-state index contributed by atoms with van der Waals surface area (Å²) in [7, 11) is 1.94. The topological polar surface area (TPSA) is 3.24 Å². The molecular weight excluding hydrogens is 178 g/mol. The Morgan fingerprint density at radius 1 is 1.67 bits per heavy atom. The van der Waals surface area contributed by atoms with Crippen LogP contribution in [-0.4, -0.2) is 60.6 Å². The maximum atomic E-state index is 4.77. The molecule has 4 heteroatoms. The molecule has 0 saturated heterocycles. The van der Waals surface area contributed by atoms with Crippen LogP contribution in [0.15, 0.2) is 0 Å². The van der Waals surface area contributed by atoms with Crippen molar-refractivity contribution in [2.45, 2.75) is 13.3 Å². The van der Waals surface area contributed by atoms with Crippen molar-refractivity contribution in [3.63, 3.8) is 0 Å². The van der Waals surface area contributed by atoms with Crippen molar-refractivity contribution >= 4 is 66.9 Å². The van der Waals surface area contributed by atoms with E-state index in [1.807, 2.05) is 11.9 Å². The molecule has 0 aromatic rings. The summed E-state index contributed by atoms with van der Waals surface area (Å²) in [6.45, 7) is 3.12. The second kappa shape index (κ2) is 7.61. The van der Waals surface area contributed by atoms with Crippen LogP contribution in [0.5, 0.6) is 0 Å². The maximum absolute atomic E-state index is 4.77. The number of nitrogens with zero attached hydrogens (tertiary/aromatic N) is 1. The molecule has 52 valence electrons. The van der Waals surface area contributed by atoms with E-state index < -0.39 is 0 Å². The van der Waals surface area contributed by atoms with E-state index in [-0.39, 0.29) is 37.7 Å². The van der Waals surface area contributed by atoms with Gasteiger partial charge in [0.2, 0.25) is 0 Å². The number of thiocarbonyl (C=S) groups is 1. The van der Waals surface area contributed by atoms with Gasteiger partial charge in [0, 0.05) is 13.6 Å². The molecule has 0 N–H and O–H groups in total. The molecule has 0 heterocycles. The number of hydrogen-bond acceptors (Lipinski definition) is 1. The molecule has 1 nitrogen and oxygen atoms in total. The molecule has 0 aromatic carbocycles. The number of hydrogen-bond donors (Lipinski definition) is 1. The summed E-state index contributed by atoms with van der Waals surface area (Å²) in [4.78, 5) is 1.94. The van der Waals surface area contributed by atoms with Gasteiger partial charge >= 0.3 is 37.7 Å². The fourth-order valence-electron chi connectivity index (χ4n) is 0.431. The van der Waals surface area contributed by atoms with Crippen molar-refractivity contribution in [2.24, 2.45) is 0 Å². The van der Waals surface area contributed by atoms with Crippen molar-refractivity contribution < 1.29 is 0 Å². The average Bonchev–Trinajstić information content (AvgIpc) is 1.67. The second-order valence-electron chi connectivity index (χ2n) is 1.70.